The van der Waals surface area contributed by atoms with Crippen LogP contribution in [0.3, 0.4) is 0 Å². The normalized spacial score (nSPS) is 15.4. The SMILES string of the molecule is CC(=O)N1CCC(C(=O)Nc2cccc(-c3nn[nH]n3)c2)CC1. The summed E-state index contributed by atoms with van der Waals surface area (Å²) >= 11 is 0. The molecule has 1 aliphatic heterocycles. The van der Waals surface area contributed by atoms with Gasteiger partial charge in [0, 0.05) is 37.2 Å². The van der Waals surface area contributed by atoms with Gasteiger partial charge in [-0.25, -0.2) is 0 Å². The van der Waals surface area contributed by atoms with Crippen LogP contribution in [0.1, 0.15) is 19.8 Å². The first-order valence-corrected chi connectivity index (χ1v) is 7.54. The zero-order valence-electron chi connectivity index (χ0n) is 12.8. The second-order valence-electron chi connectivity index (χ2n) is 5.59. The molecule has 2 amide bonds. The van der Waals surface area contributed by atoms with Crippen molar-refractivity contribution in [1.82, 2.24) is 25.5 Å². The highest BCUT2D eigenvalue weighted by atomic mass is 16.2. The maximum absolute atomic E-state index is 12.4. The number of nitrogens with one attached hydrogen (secondary N) is 2. The highest BCUT2D eigenvalue weighted by Crippen LogP contribution is 2.22. The molecule has 0 atom stereocenters. The number of tetrazole rings is 1. The van der Waals surface area contributed by atoms with Gasteiger partial charge in [0.2, 0.25) is 17.6 Å². The van der Waals surface area contributed by atoms with Crippen molar-refractivity contribution in [3.63, 3.8) is 0 Å². The molecule has 2 aromatic rings. The van der Waals surface area contributed by atoms with Gasteiger partial charge in [-0.1, -0.05) is 12.1 Å². The van der Waals surface area contributed by atoms with Gasteiger partial charge in [0.05, 0.1) is 0 Å². The van der Waals surface area contributed by atoms with Crippen molar-refractivity contribution in [2.75, 3.05) is 18.4 Å². The third kappa shape index (κ3) is 3.53. The zero-order valence-corrected chi connectivity index (χ0v) is 12.8. The number of likely N-dealkylation sites (tertiary alicyclic amines) is 1. The van der Waals surface area contributed by atoms with Crippen molar-refractivity contribution < 1.29 is 9.59 Å². The van der Waals surface area contributed by atoms with Crippen molar-refractivity contribution in [1.29, 1.82) is 0 Å². The minimum absolute atomic E-state index is 0.0153. The van der Waals surface area contributed by atoms with Gasteiger partial charge in [0.25, 0.3) is 0 Å². The number of hydrogen-bond donors (Lipinski definition) is 2. The summed E-state index contributed by atoms with van der Waals surface area (Å²) in [5.41, 5.74) is 1.48. The van der Waals surface area contributed by atoms with Crippen LogP contribution in [0.4, 0.5) is 5.69 Å². The summed E-state index contributed by atoms with van der Waals surface area (Å²) in [5.74, 6) is 0.463. The van der Waals surface area contributed by atoms with Crippen LogP contribution in [-0.4, -0.2) is 50.4 Å². The Morgan fingerprint density at radius 2 is 2.09 bits per heavy atom. The van der Waals surface area contributed by atoms with Crippen molar-refractivity contribution in [2.24, 2.45) is 5.92 Å². The first kappa shape index (κ1) is 15.1. The van der Waals surface area contributed by atoms with Crippen LogP contribution in [0, 0.1) is 5.92 Å². The number of aromatic nitrogens is 4. The molecule has 2 heterocycles. The molecule has 1 aromatic carbocycles. The van der Waals surface area contributed by atoms with Gasteiger partial charge >= 0.3 is 0 Å². The molecule has 8 heteroatoms. The standard InChI is InChI=1S/C15H18N6O2/c1-10(22)21-7-5-11(6-8-21)15(23)16-13-4-2-3-12(9-13)14-17-19-20-18-14/h2-4,9,11H,5-8H2,1H3,(H,16,23)(H,17,18,19,20). The zero-order chi connectivity index (χ0) is 16.2. The van der Waals surface area contributed by atoms with Gasteiger partial charge in [-0.05, 0) is 30.2 Å². The molecule has 23 heavy (non-hydrogen) atoms. The molecular weight excluding hydrogens is 296 g/mol. The monoisotopic (exact) mass is 314 g/mol. The van der Waals surface area contributed by atoms with E-state index in [1.165, 1.54) is 0 Å². The topological polar surface area (TPSA) is 104 Å². The molecule has 0 saturated carbocycles. The van der Waals surface area contributed by atoms with E-state index < -0.39 is 0 Å². The lowest BCUT2D eigenvalue weighted by molar-refractivity contribution is -0.132. The number of carbonyl (C=O) groups excluding carboxylic acids is 2. The van der Waals surface area contributed by atoms with E-state index in [-0.39, 0.29) is 17.7 Å². The van der Waals surface area contributed by atoms with E-state index in [0.717, 1.165) is 5.56 Å². The maximum atomic E-state index is 12.4. The van der Waals surface area contributed by atoms with Crippen LogP contribution in [-0.2, 0) is 9.59 Å². The van der Waals surface area contributed by atoms with Crippen molar-refractivity contribution in [2.45, 2.75) is 19.8 Å². The second kappa shape index (κ2) is 6.55. The Morgan fingerprint density at radius 3 is 2.74 bits per heavy atom. The minimum Gasteiger partial charge on any atom is -0.343 e. The number of benzene rings is 1. The number of nitrogens with zero attached hydrogens (tertiary/aromatic N) is 4. The van der Waals surface area contributed by atoms with E-state index in [9.17, 15) is 9.59 Å². The van der Waals surface area contributed by atoms with Gasteiger partial charge < -0.3 is 10.2 Å². The summed E-state index contributed by atoms with van der Waals surface area (Å²) in [5, 5.41) is 16.7. The van der Waals surface area contributed by atoms with E-state index in [0.29, 0.717) is 37.4 Å². The highest BCUT2D eigenvalue weighted by Gasteiger charge is 2.26. The number of H-pyrrole nitrogens is 1. The molecule has 0 radical (unpaired) electrons. The highest BCUT2D eigenvalue weighted by molar-refractivity contribution is 5.93. The molecule has 1 saturated heterocycles. The second-order valence-corrected chi connectivity index (χ2v) is 5.59. The summed E-state index contributed by atoms with van der Waals surface area (Å²) in [4.78, 5) is 25.5. The molecule has 1 aromatic heterocycles. The molecule has 1 fully saturated rings. The van der Waals surface area contributed by atoms with Crippen LogP contribution in [0.25, 0.3) is 11.4 Å². The van der Waals surface area contributed by atoms with E-state index in [1.54, 1.807) is 11.8 Å². The third-order valence-corrected chi connectivity index (χ3v) is 4.04. The number of aromatic amines is 1. The van der Waals surface area contributed by atoms with Gasteiger partial charge in [0.1, 0.15) is 0 Å². The van der Waals surface area contributed by atoms with E-state index in [1.807, 2.05) is 24.3 Å². The van der Waals surface area contributed by atoms with Crippen molar-refractivity contribution in [3.05, 3.63) is 24.3 Å². The average molecular weight is 314 g/mol. The van der Waals surface area contributed by atoms with Gasteiger partial charge in [-0.2, -0.15) is 5.21 Å². The largest absolute Gasteiger partial charge is 0.343 e. The fourth-order valence-electron chi connectivity index (χ4n) is 2.72. The first-order chi connectivity index (χ1) is 11.1. The van der Waals surface area contributed by atoms with E-state index >= 15 is 0 Å². The van der Waals surface area contributed by atoms with E-state index in [4.69, 9.17) is 0 Å². The van der Waals surface area contributed by atoms with Crippen LogP contribution >= 0.6 is 0 Å². The number of amides is 2. The Hall–Kier alpha value is -2.77. The number of carbonyl (C=O) groups is 2. The lowest BCUT2D eigenvalue weighted by atomic mass is 9.95. The van der Waals surface area contributed by atoms with Gasteiger partial charge in [-0.15, -0.1) is 10.2 Å². The molecule has 1 aliphatic rings. The van der Waals surface area contributed by atoms with Gasteiger partial charge in [-0.3, -0.25) is 9.59 Å². The lowest BCUT2D eigenvalue weighted by Crippen LogP contribution is -2.40. The molecule has 120 valence electrons. The van der Waals surface area contributed by atoms with Crippen LogP contribution in [0.5, 0.6) is 0 Å². The molecule has 0 bridgehead atoms. The smallest absolute Gasteiger partial charge is 0.227 e. The minimum atomic E-state index is -0.0700. The number of rotatable bonds is 3. The summed E-state index contributed by atoms with van der Waals surface area (Å²) < 4.78 is 0. The molecule has 2 N–H and O–H groups in total. The van der Waals surface area contributed by atoms with Crippen molar-refractivity contribution >= 4 is 17.5 Å². The number of hydrogen-bond acceptors (Lipinski definition) is 5. The molecule has 0 aliphatic carbocycles. The third-order valence-electron chi connectivity index (χ3n) is 4.04. The lowest BCUT2D eigenvalue weighted by Gasteiger charge is -2.30. The average Bonchev–Trinajstić information content (AvgIpc) is 3.10. The molecular formula is C15H18N6O2. The summed E-state index contributed by atoms with van der Waals surface area (Å²) in [6.07, 6.45) is 1.38. The summed E-state index contributed by atoms with van der Waals surface area (Å²) in [6, 6.07) is 7.32. The number of anilines is 1. The molecule has 0 unspecified atom stereocenters. The van der Waals surface area contributed by atoms with Crippen LogP contribution in [0.2, 0.25) is 0 Å². The Balaban J connectivity index is 1.62. The molecule has 8 nitrogen and oxygen atoms in total. The number of piperidine rings is 1. The summed E-state index contributed by atoms with van der Waals surface area (Å²) in [6.45, 7) is 2.83. The Kier molecular flexibility index (Phi) is 4.31. The van der Waals surface area contributed by atoms with Crippen LogP contribution in [0.15, 0.2) is 24.3 Å². The van der Waals surface area contributed by atoms with E-state index in [2.05, 4.69) is 25.9 Å². The van der Waals surface area contributed by atoms with Crippen LogP contribution < -0.4 is 5.32 Å². The first-order valence-electron chi connectivity index (χ1n) is 7.54. The summed E-state index contributed by atoms with van der Waals surface area (Å²) in [7, 11) is 0. The Bertz CT molecular complexity index is 692. The van der Waals surface area contributed by atoms with Crippen molar-refractivity contribution in [3.8, 4) is 11.4 Å². The fourth-order valence-corrected chi connectivity index (χ4v) is 2.72. The Labute approximate surface area is 133 Å². The fraction of sp³-hybridized carbons (Fsp3) is 0.400. The predicted octanol–water partition coefficient (Wildman–Crippen LogP) is 1.06. The molecule has 0 spiro atoms. The Morgan fingerprint density at radius 1 is 1.30 bits per heavy atom. The maximum Gasteiger partial charge on any atom is 0.227 e. The van der Waals surface area contributed by atoms with Gasteiger partial charge in [0.15, 0.2) is 0 Å². The quantitative estimate of drug-likeness (QED) is 0.881. The molecule has 3 rings (SSSR count). The predicted molar refractivity (Wildman–Crippen MR) is 83.2 cm³/mol.